The normalized spacial score (nSPS) is 24.2. The van der Waals surface area contributed by atoms with E-state index in [1.54, 1.807) is 0 Å². The summed E-state index contributed by atoms with van der Waals surface area (Å²) >= 11 is 1.22. The summed E-state index contributed by atoms with van der Waals surface area (Å²) in [6.45, 7) is 1.58. The second-order valence-electron chi connectivity index (χ2n) is 2.66. The molecular formula is C7H9NO2S. The van der Waals surface area contributed by atoms with Gasteiger partial charge in [-0.3, -0.25) is 4.79 Å². The molecule has 0 aromatic carbocycles. The minimum atomic E-state index is 0.0342. The zero-order valence-corrected chi connectivity index (χ0v) is 6.82. The van der Waals surface area contributed by atoms with Crippen LogP contribution in [-0.4, -0.2) is 18.2 Å². The molecule has 0 saturated carbocycles. The van der Waals surface area contributed by atoms with Gasteiger partial charge in [-0.2, -0.15) is 0 Å². The molecule has 1 fully saturated rings. The zero-order chi connectivity index (χ0) is 7.68. The standard InChI is InChI=1S/C7H9NO2S/c9-7-8-6(4-11-7)5-1-2-10-3-5/h4-5H,1-3H2,(H,8,9). The fraction of sp³-hybridized carbons (Fsp3) is 0.571. The smallest absolute Gasteiger partial charge is 0.304 e. The van der Waals surface area contributed by atoms with E-state index in [-0.39, 0.29) is 4.87 Å². The lowest BCUT2D eigenvalue weighted by Crippen LogP contribution is -2.01. The van der Waals surface area contributed by atoms with Crippen LogP contribution in [0.5, 0.6) is 0 Å². The van der Waals surface area contributed by atoms with E-state index in [1.165, 1.54) is 11.3 Å². The van der Waals surface area contributed by atoms with Crippen molar-refractivity contribution in [3.63, 3.8) is 0 Å². The number of aromatic amines is 1. The molecule has 0 spiro atoms. The van der Waals surface area contributed by atoms with Gasteiger partial charge < -0.3 is 9.72 Å². The van der Waals surface area contributed by atoms with Crippen molar-refractivity contribution < 1.29 is 4.74 Å². The number of H-pyrrole nitrogens is 1. The van der Waals surface area contributed by atoms with Crippen molar-refractivity contribution in [2.24, 2.45) is 0 Å². The molecule has 2 rings (SSSR count). The van der Waals surface area contributed by atoms with E-state index < -0.39 is 0 Å². The summed E-state index contributed by atoms with van der Waals surface area (Å²) in [5.41, 5.74) is 1.04. The summed E-state index contributed by atoms with van der Waals surface area (Å²) in [6.07, 6.45) is 1.03. The molecule has 1 atom stereocenters. The molecule has 3 nitrogen and oxygen atoms in total. The maximum Gasteiger partial charge on any atom is 0.304 e. The van der Waals surface area contributed by atoms with Crippen LogP contribution in [0, 0.1) is 0 Å². The second-order valence-corrected chi connectivity index (χ2v) is 3.51. The maximum absolute atomic E-state index is 10.8. The number of ether oxygens (including phenoxy) is 1. The summed E-state index contributed by atoms with van der Waals surface area (Å²) in [5, 5.41) is 1.89. The molecule has 1 unspecified atom stereocenters. The van der Waals surface area contributed by atoms with E-state index in [0.29, 0.717) is 5.92 Å². The van der Waals surface area contributed by atoms with Gasteiger partial charge in [0.25, 0.3) is 0 Å². The van der Waals surface area contributed by atoms with Gasteiger partial charge in [0, 0.05) is 23.6 Å². The van der Waals surface area contributed by atoms with Crippen LogP contribution in [0.4, 0.5) is 0 Å². The summed E-state index contributed by atoms with van der Waals surface area (Å²) in [4.78, 5) is 13.6. The Morgan fingerprint density at radius 1 is 1.73 bits per heavy atom. The largest absolute Gasteiger partial charge is 0.381 e. The van der Waals surface area contributed by atoms with Crippen LogP contribution in [0.25, 0.3) is 0 Å². The third-order valence-corrected chi connectivity index (χ3v) is 2.60. The third kappa shape index (κ3) is 1.36. The predicted octanol–water partition coefficient (Wildman–Crippen LogP) is 0.940. The molecule has 1 saturated heterocycles. The van der Waals surface area contributed by atoms with Crippen molar-refractivity contribution in [1.29, 1.82) is 0 Å². The van der Waals surface area contributed by atoms with Crippen LogP contribution in [0.1, 0.15) is 18.0 Å². The Hall–Kier alpha value is -0.610. The Morgan fingerprint density at radius 2 is 2.64 bits per heavy atom. The minimum Gasteiger partial charge on any atom is -0.381 e. The van der Waals surface area contributed by atoms with E-state index in [0.717, 1.165) is 25.3 Å². The number of thiazole rings is 1. The first-order chi connectivity index (χ1) is 5.36. The molecule has 1 N–H and O–H groups in total. The Labute approximate surface area is 68.0 Å². The number of aromatic nitrogens is 1. The lowest BCUT2D eigenvalue weighted by Gasteiger charge is -2.01. The van der Waals surface area contributed by atoms with Gasteiger partial charge in [-0.25, -0.2) is 0 Å². The first kappa shape index (κ1) is 7.06. The van der Waals surface area contributed by atoms with Crippen molar-refractivity contribution in [3.05, 3.63) is 20.7 Å². The fourth-order valence-electron chi connectivity index (χ4n) is 1.27. The molecule has 11 heavy (non-hydrogen) atoms. The molecule has 0 aliphatic carbocycles. The van der Waals surface area contributed by atoms with Gasteiger partial charge >= 0.3 is 4.87 Å². The first-order valence-electron chi connectivity index (χ1n) is 3.62. The lowest BCUT2D eigenvalue weighted by atomic mass is 10.1. The third-order valence-electron chi connectivity index (χ3n) is 1.91. The van der Waals surface area contributed by atoms with E-state index in [9.17, 15) is 4.79 Å². The van der Waals surface area contributed by atoms with Crippen LogP contribution < -0.4 is 4.87 Å². The van der Waals surface area contributed by atoms with E-state index in [1.807, 2.05) is 5.38 Å². The predicted molar refractivity (Wildman–Crippen MR) is 43.1 cm³/mol. The minimum absolute atomic E-state index is 0.0342. The Kier molecular flexibility index (Phi) is 1.79. The summed E-state index contributed by atoms with van der Waals surface area (Å²) < 4.78 is 5.20. The Balaban J connectivity index is 2.21. The highest BCUT2D eigenvalue weighted by atomic mass is 32.1. The molecule has 1 aliphatic heterocycles. The van der Waals surface area contributed by atoms with Crippen molar-refractivity contribution in [2.45, 2.75) is 12.3 Å². The average Bonchev–Trinajstić information content (AvgIpc) is 2.55. The highest BCUT2D eigenvalue weighted by Gasteiger charge is 2.18. The van der Waals surface area contributed by atoms with Crippen LogP contribution in [0.2, 0.25) is 0 Å². The van der Waals surface area contributed by atoms with E-state index in [4.69, 9.17) is 4.74 Å². The lowest BCUT2D eigenvalue weighted by molar-refractivity contribution is 0.193. The van der Waals surface area contributed by atoms with Crippen molar-refractivity contribution in [2.75, 3.05) is 13.2 Å². The van der Waals surface area contributed by atoms with Crippen molar-refractivity contribution in [1.82, 2.24) is 4.98 Å². The monoisotopic (exact) mass is 171 g/mol. The highest BCUT2D eigenvalue weighted by Crippen LogP contribution is 2.23. The van der Waals surface area contributed by atoms with Crippen LogP contribution in [0.15, 0.2) is 10.2 Å². The molecule has 1 aromatic rings. The van der Waals surface area contributed by atoms with Gasteiger partial charge in [-0.05, 0) is 6.42 Å². The number of hydrogen-bond acceptors (Lipinski definition) is 3. The number of hydrogen-bond donors (Lipinski definition) is 1. The number of rotatable bonds is 1. The molecule has 0 amide bonds. The zero-order valence-electron chi connectivity index (χ0n) is 6.00. The quantitative estimate of drug-likeness (QED) is 0.683. The van der Waals surface area contributed by atoms with Crippen LogP contribution >= 0.6 is 11.3 Å². The summed E-state index contributed by atoms with van der Waals surface area (Å²) in [6, 6.07) is 0. The van der Waals surface area contributed by atoms with Gasteiger partial charge in [-0.1, -0.05) is 11.3 Å². The number of nitrogens with one attached hydrogen (secondary N) is 1. The summed E-state index contributed by atoms with van der Waals surface area (Å²) in [7, 11) is 0. The molecular weight excluding hydrogens is 162 g/mol. The van der Waals surface area contributed by atoms with E-state index in [2.05, 4.69) is 4.98 Å². The maximum atomic E-state index is 10.8. The first-order valence-corrected chi connectivity index (χ1v) is 4.49. The summed E-state index contributed by atoms with van der Waals surface area (Å²) in [5.74, 6) is 0.425. The second kappa shape index (κ2) is 2.79. The van der Waals surface area contributed by atoms with Gasteiger partial charge in [0.15, 0.2) is 0 Å². The molecule has 0 bridgehead atoms. The van der Waals surface area contributed by atoms with Crippen LogP contribution in [-0.2, 0) is 4.74 Å². The van der Waals surface area contributed by atoms with Crippen LogP contribution in [0.3, 0.4) is 0 Å². The van der Waals surface area contributed by atoms with Gasteiger partial charge in [-0.15, -0.1) is 0 Å². The van der Waals surface area contributed by atoms with Crippen molar-refractivity contribution >= 4 is 11.3 Å². The molecule has 2 heterocycles. The molecule has 1 aliphatic rings. The molecule has 4 heteroatoms. The molecule has 1 aromatic heterocycles. The highest BCUT2D eigenvalue weighted by molar-refractivity contribution is 7.07. The average molecular weight is 171 g/mol. The Morgan fingerprint density at radius 3 is 3.18 bits per heavy atom. The topological polar surface area (TPSA) is 42.1 Å². The SMILES string of the molecule is O=c1[nH]c(C2CCOC2)cs1. The fourth-order valence-corrected chi connectivity index (χ4v) is 1.93. The molecule has 0 radical (unpaired) electrons. The van der Waals surface area contributed by atoms with Gasteiger partial charge in [0.2, 0.25) is 0 Å². The Bertz CT molecular complexity index is 285. The van der Waals surface area contributed by atoms with Crippen molar-refractivity contribution in [3.8, 4) is 0 Å². The van der Waals surface area contributed by atoms with E-state index >= 15 is 0 Å². The molecule has 60 valence electrons. The van der Waals surface area contributed by atoms with Gasteiger partial charge in [0.1, 0.15) is 0 Å². The van der Waals surface area contributed by atoms with Gasteiger partial charge in [0.05, 0.1) is 6.61 Å².